The molecular weight excluding hydrogens is 210 g/mol. The lowest BCUT2D eigenvalue weighted by Crippen LogP contribution is -2.43. The zero-order valence-electron chi connectivity index (χ0n) is 9.55. The van der Waals surface area contributed by atoms with Gasteiger partial charge >= 0.3 is 5.97 Å². The summed E-state index contributed by atoms with van der Waals surface area (Å²) in [7, 11) is 0. The number of nitrogens with two attached hydrogens (primary N) is 1. The summed E-state index contributed by atoms with van der Waals surface area (Å²) in [4.78, 5) is 22.5. The SMILES string of the molecule is CC[C@@H]([C@H](C)OC(=O)CN)N1N=CCC1=O. The summed E-state index contributed by atoms with van der Waals surface area (Å²) < 4.78 is 5.08. The van der Waals surface area contributed by atoms with Crippen LogP contribution in [-0.2, 0) is 14.3 Å². The molecule has 0 aliphatic carbocycles. The van der Waals surface area contributed by atoms with Crippen molar-refractivity contribution in [2.75, 3.05) is 6.54 Å². The van der Waals surface area contributed by atoms with Crippen LogP contribution in [-0.4, -0.2) is 41.8 Å². The van der Waals surface area contributed by atoms with Gasteiger partial charge in [-0.25, -0.2) is 5.01 Å². The molecular formula is C10H17N3O3. The highest BCUT2D eigenvalue weighted by atomic mass is 16.5. The Morgan fingerprint density at radius 3 is 2.88 bits per heavy atom. The predicted molar refractivity (Wildman–Crippen MR) is 58.6 cm³/mol. The van der Waals surface area contributed by atoms with Gasteiger partial charge in [0.2, 0.25) is 5.91 Å². The maximum absolute atomic E-state index is 11.5. The van der Waals surface area contributed by atoms with Crippen LogP contribution in [0.2, 0.25) is 0 Å². The molecule has 6 heteroatoms. The van der Waals surface area contributed by atoms with Crippen molar-refractivity contribution in [3.63, 3.8) is 0 Å². The van der Waals surface area contributed by atoms with Gasteiger partial charge in [0.15, 0.2) is 0 Å². The van der Waals surface area contributed by atoms with E-state index in [1.807, 2.05) is 6.92 Å². The van der Waals surface area contributed by atoms with Gasteiger partial charge in [-0.1, -0.05) is 6.92 Å². The van der Waals surface area contributed by atoms with Crippen molar-refractivity contribution < 1.29 is 14.3 Å². The summed E-state index contributed by atoms with van der Waals surface area (Å²) in [6, 6.07) is -0.221. The molecule has 0 unspecified atom stereocenters. The Labute approximate surface area is 94.4 Å². The van der Waals surface area contributed by atoms with E-state index in [-0.39, 0.29) is 18.5 Å². The topological polar surface area (TPSA) is 85.0 Å². The Balaban J connectivity index is 2.62. The Morgan fingerprint density at radius 1 is 1.75 bits per heavy atom. The number of hydrazone groups is 1. The highest BCUT2D eigenvalue weighted by molar-refractivity contribution is 5.94. The van der Waals surface area contributed by atoms with E-state index in [2.05, 4.69) is 5.10 Å². The van der Waals surface area contributed by atoms with Gasteiger partial charge < -0.3 is 10.5 Å². The third-order valence-corrected chi connectivity index (χ3v) is 2.49. The number of nitrogens with zero attached hydrogens (tertiary/aromatic N) is 2. The molecule has 0 spiro atoms. The molecule has 1 aliphatic rings. The molecule has 0 aromatic heterocycles. The first-order valence-electron chi connectivity index (χ1n) is 5.34. The quantitative estimate of drug-likeness (QED) is 0.663. The first-order chi connectivity index (χ1) is 7.60. The normalized spacial score (nSPS) is 18.7. The molecule has 0 saturated carbocycles. The Bertz CT molecular complexity index is 304. The second-order valence-electron chi connectivity index (χ2n) is 3.62. The Morgan fingerprint density at radius 2 is 2.44 bits per heavy atom. The minimum absolute atomic E-state index is 0.0671. The number of esters is 1. The fraction of sp³-hybridized carbons (Fsp3) is 0.700. The minimum atomic E-state index is -0.471. The van der Waals surface area contributed by atoms with Crippen molar-refractivity contribution >= 4 is 18.1 Å². The zero-order valence-corrected chi connectivity index (χ0v) is 9.55. The van der Waals surface area contributed by atoms with Gasteiger partial charge in [0.25, 0.3) is 0 Å². The van der Waals surface area contributed by atoms with Crippen LogP contribution in [0.1, 0.15) is 26.7 Å². The molecule has 0 aromatic carbocycles. The van der Waals surface area contributed by atoms with E-state index in [0.29, 0.717) is 12.8 Å². The third-order valence-electron chi connectivity index (χ3n) is 2.49. The van der Waals surface area contributed by atoms with Crippen molar-refractivity contribution in [1.82, 2.24) is 5.01 Å². The van der Waals surface area contributed by atoms with Crippen molar-refractivity contribution in [3.05, 3.63) is 0 Å². The van der Waals surface area contributed by atoms with Crippen LogP contribution in [0.4, 0.5) is 0 Å². The lowest BCUT2D eigenvalue weighted by molar-refractivity contribution is -0.152. The molecule has 6 nitrogen and oxygen atoms in total. The van der Waals surface area contributed by atoms with E-state index in [1.165, 1.54) is 5.01 Å². The van der Waals surface area contributed by atoms with E-state index in [4.69, 9.17) is 10.5 Å². The van der Waals surface area contributed by atoms with Crippen LogP contribution < -0.4 is 5.73 Å². The second kappa shape index (κ2) is 5.60. The van der Waals surface area contributed by atoms with Crippen LogP contribution in [0.3, 0.4) is 0 Å². The summed E-state index contributed by atoms with van der Waals surface area (Å²) in [6.07, 6.45) is 2.14. The average molecular weight is 227 g/mol. The Kier molecular flexibility index (Phi) is 4.42. The third kappa shape index (κ3) is 2.79. The summed E-state index contributed by atoms with van der Waals surface area (Å²) in [6.45, 7) is 3.50. The van der Waals surface area contributed by atoms with Crippen LogP contribution >= 0.6 is 0 Å². The molecule has 0 aromatic rings. The lowest BCUT2D eigenvalue weighted by atomic mass is 10.1. The molecule has 90 valence electrons. The first-order valence-corrected chi connectivity index (χ1v) is 5.34. The Hall–Kier alpha value is -1.43. The molecule has 0 saturated heterocycles. The van der Waals surface area contributed by atoms with Gasteiger partial charge in [-0.3, -0.25) is 9.59 Å². The summed E-state index contributed by atoms with van der Waals surface area (Å²) in [5.74, 6) is -0.538. The summed E-state index contributed by atoms with van der Waals surface area (Å²) >= 11 is 0. The lowest BCUT2D eigenvalue weighted by Gasteiger charge is -2.28. The number of carbonyl (C=O) groups is 2. The molecule has 2 N–H and O–H groups in total. The van der Waals surface area contributed by atoms with Gasteiger partial charge in [-0.05, 0) is 13.3 Å². The molecule has 2 atom stereocenters. The highest BCUT2D eigenvalue weighted by Gasteiger charge is 2.30. The zero-order chi connectivity index (χ0) is 12.1. The summed E-state index contributed by atoms with van der Waals surface area (Å²) in [5, 5.41) is 5.36. The monoisotopic (exact) mass is 227 g/mol. The largest absolute Gasteiger partial charge is 0.459 e. The standard InChI is InChI=1S/C10H17N3O3/c1-3-8(7(2)16-10(15)6-11)13-9(14)4-5-12-13/h5,7-8H,3-4,6,11H2,1-2H3/t7-,8-/m0/s1. The number of hydrogen-bond acceptors (Lipinski definition) is 5. The fourth-order valence-corrected chi connectivity index (χ4v) is 1.67. The maximum atomic E-state index is 11.5. The number of amides is 1. The number of rotatable bonds is 5. The van der Waals surface area contributed by atoms with E-state index < -0.39 is 12.1 Å². The predicted octanol–water partition coefficient (Wildman–Crippen LogP) is -0.127. The van der Waals surface area contributed by atoms with Crippen molar-refractivity contribution in [1.29, 1.82) is 0 Å². The average Bonchev–Trinajstić information content (AvgIpc) is 2.66. The summed E-state index contributed by atoms with van der Waals surface area (Å²) in [5.41, 5.74) is 5.16. The minimum Gasteiger partial charge on any atom is -0.459 e. The van der Waals surface area contributed by atoms with Crippen molar-refractivity contribution in [3.8, 4) is 0 Å². The van der Waals surface area contributed by atoms with Gasteiger partial charge in [0, 0.05) is 6.21 Å². The molecule has 16 heavy (non-hydrogen) atoms. The first kappa shape index (κ1) is 12.6. The second-order valence-corrected chi connectivity index (χ2v) is 3.62. The van der Waals surface area contributed by atoms with E-state index in [1.54, 1.807) is 13.1 Å². The fourth-order valence-electron chi connectivity index (χ4n) is 1.67. The molecule has 1 heterocycles. The number of ether oxygens (including phenoxy) is 1. The van der Waals surface area contributed by atoms with E-state index >= 15 is 0 Å². The molecule has 0 radical (unpaired) electrons. The van der Waals surface area contributed by atoms with Crippen LogP contribution in [0.5, 0.6) is 0 Å². The molecule has 1 rings (SSSR count). The van der Waals surface area contributed by atoms with Crippen molar-refractivity contribution in [2.45, 2.75) is 38.8 Å². The van der Waals surface area contributed by atoms with Gasteiger partial charge in [0.05, 0.1) is 19.0 Å². The van der Waals surface area contributed by atoms with Gasteiger partial charge in [0.1, 0.15) is 6.10 Å². The van der Waals surface area contributed by atoms with Crippen molar-refractivity contribution in [2.24, 2.45) is 10.8 Å². The molecule has 1 aliphatic heterocycles. The van der Waals surface area contributed by atoms with E-state index in [9.17, 15) is 9.59 Å². The van der Waals surface area contributed by atoms with Crippen LogP contribution in [0, 0.1) is 0 Å². The number of carbonyl (C=O) groups excluding carboxylic acids is 2. The highest BCUT2D eigenvalue weighted by Crippen LogP contribution is 2.16. The molecule has 0 bridgehead atoms. The molecule has 1 amide bonds. The maximum Gasteiger partial charge on any atom is 0.320 e. The van der Waals surface area contributed by atoms with Crippen LogP contribution in [0.25, 0.3) is 0 Å². The van der Waals surface area contributed by atoms with Crippen LogP contribution in [0.15, 0.2) is 5.10 Å². The van der Waals surface area contributed by atoms with Gasteiger partial charge in [-0.15, -0.1) is 0 Å². The van der Waals surface area contributed by atoms with E-state index in [0.717, 1.165) is 0 Å². The number of hydrogen-bond donors (Lipinski definition) is 1. The molecule has 0 fully saturated rings. The smallest absolute Gasteiger partial charge is 0.320 e. The van der Waals surface area contributed by atoms with Gasteiger partial charge in [-0.2, -0.15) is 5.10 Å².